The normalized spacial score (nSPS) is 11.2. The molecule has 86 valence electrons. The molecule has 0 aliphatic rings. The molecule has 0 fully saturated rings. The molecule has 1 aromatic carbocycles. The fourth-order valence-electron chi connectivity index (χ4n) is 1.31. The third kappa shape index (κ3) is 4.16. The van der Waals surface area contributed by atoms with Crippen molar-refractivity contribution < 1.29 is 9.53 Å². The van der Waals surface area contributed by atoms with Gasteiger partial charge in [0.1, 0.15) is 0 Å². The zero-order valence-electron chi connectivity index (χ0n) is 9.77. The van der Waals surface area contributed by atoms with E-state index in [2.05, 4.69) is 6.92 Å². The van der Waals surface area contributed by atoms with Crippen molar-refractivity contribution in [1.29, 1.82) is 0 Å². The second kappa shape index (κ2) is 7.19. The minimum Gasteiger partial charge on any atom is -0.462 e. The quantitative estimate of drug-likeness (QED) is 0.580. The Kier molecular flexibility index (Phi) is 5.81. The van der Waals surface area contributed by atoms with E-state index < -0.39 is 0 Å². The Hall–Kier alpha value is -1.14. The molecule has 0 amide bonds. The van der Waals surface area contributed by atoms with Gasteiger partial charge in [0.25, 0.3) is 0 Å². The maximum absolute atomic E-state index is 11.7. The number of rotatable bonds is 5. The molecule has 0 aromatic heterocycles. The van der Waals surface area contributed by atoms with Crippen molar-refractivity contribution in [3.05, 3.63) is 30.3 Å². The molecule has 0 N–H and O–H groups in total. The SMILES string of the molecule is CCC/C(=P/c1ccccc1)C(=O)OCC. The van der Waals surface area contributed by atoms with E-state index in [1.165, 1.54) is 0 Å². The van der Waals surface area contributed by atoms with E-state index in [-0.39, 0.29) is 5.97 Å². The third-order valence-electron chi connectivity index (χ3n) is 2.02. The van der Waals surface area contributed by atoms with Crippen LogP contribution in [0.5, 0.6) is 0 Å². The average molecular weight is 236 g/mol. The minimum atomic E-state index is -0.158. The molecule has 0 saturated carbocycles. The van der Waals surface area contributed by atoms with E-state index in [1.54, 1.807) is 0 Å². The zero-order chi connectivity index (χ0) is 11.8. The first-order chi connectivity index (χ1) is 7.77. The number of benzene rings is 1. The topological polar surface area (TPSA) is 26.3 Å². The number of hydrogen-bond donors (Lipinski definition) is 0. The van der Waals surface area contributed by atoms with Crippen LogP contribution in [0, 0.1) is 0 Å². The summed E-state index contributed by atoms with van der Waals surface area (Å²) in [6, 6.07) is 9.99. The Morgan fingerprint density at radius 3 is 2.50 bits per heavy atom. The van der Waals surface area contributed by atoms with Crippen molar-refractivity contribution >= 4 is 24.8 Å². The van der Waals surface area contributed by atoms with Gasteiger partial charge in [-0.15, -0.1) is 0 Å². The molecule has 0 aliphatic carbocycles. The van der Waals surface area contributed by atoms with Crippen molar-refractivity contribution in [2.75, 3.05) is 6.61 Å². The van der Waals surface area contributed by atoms with Crippen molar-refractivity contribution in [2.45, 2.75) is 26.7 Å². The van der Waals surface area contributed by atoms with Gasteiger partial charge in [-0.2, -0.15) is 0 Å². The van der Waals surface area contributed by atoms with E-state index in [0.717, 1.165) is 31.6 Å². The van der Waals surface area contributed by atoms with E-state index in [1.807, 2.05) is 37.3 Å². The van der Waals surface area contributed by atoms with Crippen LogP contribution in [0.2, 0.25) is 0 Å². The van der Waals surface area contributed by atoms with Crippen LogP contribution in [-0.4, -0.2) is 17.9 Å². The summed E-state index contributed by atoms with van der Waals surface area (Å²) in [4.78, 5) is 11.7. The van der Waals surface area contributed by atoms with Gasteiger partial charge in [-0.05, 0) is 13.3 Å². The second-order valence-corrected chi connectivity index (χ2v) is 4.64. The highest BCUT2D eigenvalue weighted by atomic mass is 31.1. The average Bonchev–Trinajstić information content (AvgIpc) is 2.30. The number of carbonyl (C=O) groups excluding carboxylic acids is 1. The smallest absolute Gasteiger partial charge is 0.338 e. The van der Waals surface area contributed by atoms with Gasteiger partial charge in [0.05, 0.1) is 11.9 Å². The van der Waals surface area contributed by atoms with Gasteiger partial charge in [-0.25, -0.2) is 4.79 Å². The summed E-state index contributed by atoms with van der Waals surface area (Å²) in [6.07, 6.45) is 1.77. The predicted octanol–water partition coefficient (Wildman–Crippen LogP) is 2.79. The van der Waals surface area contributed by atoms with Crippen LogP contribution in [0.15, 0.2) is 30.3 Å². The van der Waals surface area contributed by atoms with Gasteiger partial charge < -0.3 is 4.74 Å². The third-order valence-corrected chi connectivity index (χ3v) is 3.25. The Balaban J connectivity index is 2.84. The molecule has 0 heterocycles. The van der Waals surface area contributed by atoms with Crippen LogP contribution >= 0.6 is 8.20 Å². The molecule has 16 heavy (non-hydrogen) atoms. The van der Waals surface area contributed by atoms with Gasteiger partial charge >= 0.3 is 5.97 Å². The summed E-state index contributed by atoms with van der Waals surface area (Å²) in [7, 11) is 0.969. The predicted molar refractivity (Wildman–Crippen MR) is 69.5 cm³/mol. The highest BCUT2D eigenvalue weighted by molar-refractivity contribution is 7.51. The summed E-state index contributed by atoms with van der Waals surface area (Å²) in [5.74, 6) is -0.158. The molecule has 0 radical (unpaired) electrons. The summed E-state index contributed by atoms with van der Waals surface area (Å²) in [6.45, 7) is 4.34. The lowest BCUT2D eigenvalue weighted by Crippen LogP contribution is -2.16. The first kappa shape index (κ1) is 12.9. The molecule has 0 bridgehead atoms. The molecule has 3 heteroatoms. The fraction of sp³-hybridized carbons (Fsp3) is 0.385. The maximum atomic E-state index is 11.7. The molecule has 2 nitrogen and oxygen atoms in total. The van der Waals surface area contributed by atoms with Crippen LogP contribution < -0.4 is 5.30 Å². The number of esters is 1. The van der Waals surface area contributed by atoms with Crippen LogP contribution in [0.1, 0.15) is 26.7 Å². The second-order valence-electron chi connectivity index (χ2n) is 3.36. The molecule has 0 saturated heterocycles. The first-order valence-corrected chi connectivity index (χ1v) is 6.47. The van der Waals surface area contributed by atoms with Gasteiger partial charge in [-0.1, -0.05) is 51.9 Å². The maximum Gasteiger partial charge on any atom is 0.338 e. The summed E-state index contributed by atoms with van der Waals surface area (Å²) >= 11 is 0. The van der Waals surface area contributed by atoms with Crippen molar-refractivity contribution in [3.8, 4) is 0 Å². The van der Waals surface area contributed by atoms with Crippen molar-refractivity contribution in [2.24, 2.45) is 0 Å². The fourth-order valence-corrected chi connectivity index (χ4v) is 2.44. The summed E-state index contributed by atoms with van der Waals surface area (Å²) in [5, 5.41) is 1.98. The van der Waals surface area contributed by atoms with Crippen LogP contribution in [0.3, 0.4) is 0 Å². The molecule has 0 unspecified atom stereocenters. The van der Waals surface area contributed by atoms with E-state index in [0.29, 0.717) is 6.61 Å². The Morgan fingerprint density at radius 1 is 1.25 bits per heavy atom. The molecule has 1 aromatic rings. The molecular weight excluding hydrogens is 219 g/mol. The molecular formula is C13H17O2P. The zero-order valence-corrected chi connectivity index (χ0v) is 10.7. The summed E-state index contributed by atoms with van der Waals surface area (Å²) in [5.41, 5.74) is 0. The van der Waals surface area contributed by atoms with Crippen LogP contribution in [0.25, 0.3) is 0 Å². The number of hydrogen-bond acceptors (Lipinski definition) is 2. The lowest BCUT2D eigenvalue weighted by Gasteiger charge is -2.04. The van der Waals surface area contributed by atoms with Gasteiger partial charge in [0.15, 0.2) is 0 Å². The summed E-state index contributed by atoms with van der Waals surface area (Å²) < 4.78 is 5.05. The molecule has 0 spiro atoms. The van der Waals surface area contributed by atoms with E-state index in [9.17, 15) is 4.79 Å². The molecule has 0 aliphatic heterocycles. The highest BCUT2D eigenvalue weighted by Crippen LogP contribution is 2.08. The Bertz CT molecular complexity index is 357. The van der Waals surface area contributed by atoms with Gasteiger partial charge in [0.2, 0.25) is 0 Å². The monoisotopic (exact) mass is 236 g/mol. The van der Waals surface area contributed by atoms with E-state index in [4.69, 9.17) is 4.74 Å². The van der Waals surface area contributed by atoms with Gasteiger partial charge in [0, 0.05) is 5.30 Å². The van der Waals surface area contributed by atoms with Crippen molar-refractivity contribution in [3.63, 3.8) is 0 Å². The number of ether oxygens (including phenoxy) is 1. The molecule has 1 rings (SSSR count). The first-order valence-electron chi connectivity index (χ1n) is 5.57. The highest BCUT2D eigenvalue weighted by Gasteiger charge is 2.09. The number of carbonyl (C=O) groups is 1. The standard InChI is InChI=1S/C13H17O2P/c1-3-8-12(13(14)15-4-2)16-11-9-6-5-7-10-11/h5-7,9-10H,3-4,8H2,1-2H3. The Labute approximate surface area is 98.4 Å². The molecule has 0 atom stereocenters. The lowest BCUT2D eigenvalue weighted by molar-refractivity contribution is -0.134. The van der Waals surface area contributed by atoms with Crippen LogP contribution in [-0.2, 0) is 9.53 Å². The van der Waals surface area contributed by atoms with Crippen LogP contribution in [0.4, 0.5) is 0 Å². The van der Waals surface area contributed by atoms with Gasteiger partial charge in [-0.3, -0.25) is 0 Å². The Morgan fingerprint density at radius 2 is 1.94 bits per heavy atom. The van der Waals surface area contributed by atoms with E-state index >= 15 is 0 Å². The lowest BCUT2D eigenvalue weighted by atomic mass is 10.2. The van der Waals surface area contributed by atoms with Crippen molar-refractivity contribution in [1.82, 2.24) is 0 Å². The largest absolute Gasteiger partial charge is 0.462 e. The minimum absolute atomic E-state index is 0.158.